The zero-order valence-electron chi connectivity index (χ0n) is 14.7. The topological polar surface area (TPSA) is 63.9 Å². The number of aryl methyl sites for hydroxylation is 1. The van der Waals surface area contributed by atoms with Gasteiger partial charge in [0.15, 0.2) is 0 Å². The predicted octanol–water partition coefficient (Wildman–Crippen LogP) is 2.94. The van der Waals surface area contributed by atoms with Crippen LogP contribution >= 0.6 is 11.6 Å². The molecule has 0 atom stereocenters. The fourth-order valence-electron chi connectivity index (χ4n) is 2.73. The molecular formula is C19H18ClN3O3. The summed E-state index contributed by atoms with van der Waals surface area (Å²) in [7, 11) is 3.17. The highest BCUT2D eigenvalue weighted by atomic mass is 35.5. The van der Waals surface area contributed by atoms with Gasteiger partial charge in [-0.1, -0.05) is 17.7 Å². The fourth-order valence-corrected chi connectivity index (χ4v) is 2.93. The molecular weight excluding hydrogens is 354 g/mol. The number of amides is 1. The summed E-state index contributed by atoms with van der Waals surface area (Å²) >= 11 is 6.04. The maximum absolute atomic E-state index is 12.8. The number of nitrogens with zero attached hydrogens (tertiary/aromatic N) is 3. The van der Waals surface area contributed by atoms with Gasteiger partial charge >= 0.3 is 0 Å². The minimum absolute atomic E-state index is 0.0107. The third-order valence-corrected chi connectivity index (χ3v) is 4.31. The molecule has 3 rings (SSSR count). The molecule has 0 aliphatic carbocycles. The monoisotopic (exact) mass is 371 g/mol. The maximum Gasteiger partial charge on any atom is 0.270 e. The van der Waals surface area contributed by atoms with Crippen LogP contribution in [0, 0.1) is 6.92 Å². The molecule has 7 heteroatoms. The summed E-state index contributed by atoms with van der Waals surface area (Å²) in [5.41, 5.74) is 1.77. The normalized spacial score (nSPS) is 10.8. The lowest BCUT2D eigenvalue weighted by molar-refractivity contribution is 0.0782. The number of hydrogen-bond donors (Lipinski definition) is 0. The minimum Gasteiger partial charge on any atom is -0.496 e. The number of fused-ring (bicyclic) bond motifs is 1. The van der Waals surface area contributed by atoms with Crippen LogP contribution in [-0.4, -0.2) is 34.3 Å². The van der Waals surface area contributed by atoms with E-state index in [-0.39, 0.29) is 12.1 Å². The summed E-state index contributed by atoms with van der Waals surface area (Å²) in [6.45, 7) is 2.12. The summed E-state index contributed by atoms with van der Waals surface area (Å²) in [6, 6.07) is 8.80. The van der Waals surface area contributed by atoms with Crippen molar-refractivity contribution in [3.05, 3.63) is 74.8 Å². The highest BCUT2D eigenvalue weighted by Gasteiger charge is 2.19. The Morgan fingerprint density at radius 2 is 2.08 bits per heavy atom. The molecule has 6 nitrogen and oxygen atoms in total. The highest BCUT2D eigenvalue weighted by molar-refractivity contribution is 6.30. The first-order valence-electron chi connectivity index (χ1n) is 7.96. The lowest BCUT2D eigenvalue weighted by atomic mass is 10.1. The second kappa shape index (κ2) is 7.17. The Morgan fingerprint density at radius 1 is 1.31 bits per heavy atom. The Balaban J connectivity index is 1.94. The number of pyridine rings is 1. The Labute approximate surface area is 155 Å². The fraction of sp³-hybridized carbons (Fsp3) is 0.211. The Bertz CT molecular complexity index is 1050. The van der Waals surface area contributed by atoms with E-state index in [0.29, 0.717) is 16.4 Å². The molecule has 2 aromatic heterocycles. The van der Waals surface area contributed by atoms with Crippen molar-refractivity contribution in [1.82, 2.24) is 14.3 Å². The van der Waals surface area contributed by atoms with Crippen molar-refractivity contribution in [1.29, 1.82) is 0 Å². The summed E-state index contributed by atoms with van der Waals surface area (Å²) in [5.74, 6) is 0.207. The molecule has 1 aromatic carbocycles. The molecule has 26 heavy (non-hydrogen) atoms. The van der Waals surface area contributed by atoms with Gasteiger partial charge in [-0.3, -0.25) is 14.0 Å². The lowest BCUT2D eigenvalue weighted by Gasteiger charge is -2.19. The van der Waals surface area contributed by atoms with Gasteiger partial charge in [0.25, 0.3) is 11.5 Å². The number of halogens is 1. The molecule has 0 N–H and O–H groups in total. The van der Waals surface area contributed by atoms with Crippen LogP contribution in [0.2, 0.25) is 5.02 Å². The maximum atomic E-state index is 12.8. The van der Waals surface area contributed by atoms with E-state index >= 15 is 0 Å². The number of rotatable bonds is 4. The molecule has 134 valence electrons. The number of benzene rings is 1. The average molecular weight is 372 g/mol. The van der Waals surface area contributed by atoms with Crippen molar-refractivity contribution in [3.8, 4) is 5.75 Å². The summed E-state index contributed by atoms with van der Waals surface area (Å²) in [6.07, 6.45) is 2.99. The van der Waals surface area contributed by atoms with E-state index in [0.717, 1.165) is 11.1 Å². The van der Waals surface area contributed by atoms with E-state index in [1.165, 1.54) is 15.5 Å². The van der Waals surface area contributed by atoms with Crippen molar-refractivity contribution in [2.45, 2.75) is 13.5 Å². The van der Waals surface area contributed by atoms with Crippen LogP contribution in [-0.2, 0) is 6.54 Å². The van der Waals surface area contributed by atoms with Gasteiger partial charge in [-0.15, -0.1) is 0 Å². The van der Waals surface area contributed by atoms with Crippen molar-refractivity contribution in [3.63, 3.8) is 0 Å². The number of methoxy groups -OCH3 is 1. The van der Waals surface area contributed by atoms with Crippen molar-refractivity contribution >= 4 is 23.2 Å². The predicted molar refractivity (Wildman–Crippen MR) is 100 cm³/mol. The number of carbonyl (C=O) groups excluding carboxylic acids is 1. The number of hydrogen-bond acceptors (Lipinski definition) is 4. The van der Waals surface area contributed by atoms with E-state index in [1.54, 1.807) is 44.6 Å². The molecule has 0 saturated heterocycles. The summed E-state index contributed by atoms with van der Waals surface area (Å²) < 4.78 is 6.69. The number of aromatic nitrogens is 2. The van der Waals surface area contributed by atoms with E-state index < -0.39 is 11.5 Å². The van der Waals surface area contributed by atoms with Crippen LogP contribution in [0.5, 0.6) is 5.75 Å². The van der Waals surface area contributed by atoms with Gasteiger partial charge in [-0.05, 0) is 36.8 Å². The summed E-state index contributed by atoms with van der Waals surface area (Å²) in [4.78, 5) is 31.1. The van der Waals surface area contributed by atoms with E-state index in [9.17, 15) is 9.59 Å². The Hall–Kier alpha value is -2.86. The van der Waals surface area contributed by atoms with Gasteiger partial charge in [-0.2, -0.15) is 0 Å². The first kappa shape index (κ1) is 17.9. The molecule has 0 spiro atoms. The molecule has 1 amide bonds. The van der Waals surface area contributed by atoms with E-state index in [2.05, 4.69) is 4.98 Å². The first-order chi connectivity index (χ1) is 12.4. The zero-order chi connectivity index (χ0) is 18.8. The highest BCUT2D eigenvalue weighted by Crippen LogP contribution is 2.24. The van der Waals surface area contributed by atoms with Gasteiger partial charge in [0.1, 0.15) is 17.0 Å². The average Bonchev–Trinajstić information content (AvgIpc) is 2.62. The van der Waals surface area contributed by atoms with E-state index in [4.69, 9.17) is 16.3 Å². The van der Waals surface area contributed by atoms with Crippen LogP contribution < -0.4 is 10.3 Å². The third-order valence-electron chi connectivity index (χ3n) is 4.08. The molecule has 0 aliphatic heterocycles. The van der Waals surface area contributed by atoms with Gasteiger partial charge in [0, 0.05) is 36.6 Å². The minimum atomic E-state index is -0.416. The molecule has 0 unspecified atom stereocenters. The molecule has 3 aromatic rings. The number of carbonyl (C=O) groups is 1. The Morgan fingerprint density at radius 3 is 2.81 bits per heavy atom. The molecule has 2 heterocycles. The van der Waals surface area contributed by atoms with Gasteiger partial charge in [0.05, 0.1) is 7.11 Å². The molecule has 0 fully saturated rings. The van der Waals surface area contributed by atoms with Crippen molar-refractivity contribution in [2.75, 3.05) is 14.2 Å². The van der Waals surface area contributed by atoms with E-state index in [1.807, 2.05) is 13.0 Å². The second-order valence-corrected chi connectivity index (χ2v) is 6.47. The molecule has 0 radical (unpaired) electrons. The smallest absolute Gasteiger partial charge is 0.270 e. The molecule has 0 aliphatic rings. The first-order valence-corrected chi connectivity index (χ1v) is 8.34. The standard InChI is InChI=1S/C19H18ClN3O3/c1-12-4-7-17-21-9-15(19(25)23(17)10-12)18(24)22(2)11-13-8-14(20)5-6-16(13)26-3/h4-10H,11H2,1-3H3. The van der Waals surface area contributed by atoms with Crippen LogP contribution in [0.3, 0.4) is 0 Å². The quantitative estimate of drug-likeness (QED) is 0.707. The molecule has 0 saturated carbocycles. The van der Waals surface area contributed by atoms with Crippen LogP contribution in [0.15, 0.2) is 47.5 Å². The SMILES string of the molecule is COc1ccc(Cl)cc1CN(C)C(=O)c1cnc2ccc(C)cn2c1=O. The van der Waals surface area contributed by atoms with Gasteiger partial charge in [0.2, 0.25) is 0 Å². The van der Waals surface area contributed by atoms with Gasteiger partial charge < -0.3 is 9.64 Å². The lowest BCUT2D eigenvalue weighted by Crippen LogP contribution is -2.33. The summed E-state index contributed by atoms with van der Waals surface area (Å²) in [5, 5.41) is 0.546. The number of ether oxygens (including phenoxy) is 1. The Kier molecular flexibility index (Phi) is 4.95. The van der Waals surface area contributed by atoms with Crippen LogP contribution in [0.25, 0.3) is 5.65 Å². The van der Waals surface area contributed by atoms with Crippen LogP contribution in [0.4, 0.5) is 0 Å². The van der Waals surface area contributed by atoms with Crippen molar-refractivity contribution in [2.24, 2.45) is 0 Å². The molecule has 0 bridgehead atoms. The van der Waals surface area contributed by atoms with Crippen molar-refractivity contribution < 1.29 is 9.53 Å². The second-order valence-electron chi connectivity index (χ2n) is 6.03. The van der Waals surface area contributed by atoms with Gasteiger partial charge in [-0.25, -0.2) is 4.98 Å². The third kappa shape index (κ3) is 3.41. The van der Waals surface area contributed by atoms with Crippen LogP contribution in [0.1, 0.15) is 21.5 Å². The zero-order valence-corrected chi connectivity index (χ0v) is 15.4. The largest absolute Gasteiger partial charge is 0.496 e.